The number of rotatable bonds is 8. The molecule has 1 amide bonds. The van der Waals surface area contributed by atoms with E-state index in [0.29, 0.717) is 31.2 Å². The molecule has 1 aliphatic carbocycles. The molecule has 22 heavy (non-hydrogen) atoms. The van der Waals surface area contributed by atoms with Crippen molar-refractivity contribution in [3.8, 4) is 0 Å². The van der Waals surface area contributed by atoms with E-state index < -0.39 is 0 Å². The van der Waals surface area contributed by atoms with Crippen LogP contribution in [0.4, 0.5) is 5.82 Å². The van der Waals surface area contributed by atoms with Gasteiger partial charge in [0.1, 0.15) is 11.5 Å². The smallest absolute Gasteiger partial charge is 0.271 e. The summed E-state index contributed by atoms with van der Waals surface area (Å²) in [5.41, 5.74) is 1.80. The first-order valence-electron chi connectivity index (χ1n) is 7.80. The molecule has 6 heteroatoms. The predicted octanol–water partition coefficient (Wildman–Crippen LogP) is 2.16. The first-order valence-corrected chi connectivity index (χ1v) is 7.80. The molecule has 120 valence electrons. The minimum Gasteiger partial charge on any atom is -0.383 e. The van der Waals surface area contributed by atoms with Gasteiger partial charge in [-0.1, -0.05) is 11.6 Å². The van der Waals surface area contributed by atoms with Crippen LogP contribution in [0, 0.1) is 0 Å². The third kappa shape index (κ3) is 5.44. The van der Waals surface area contributed by atoms with Crippen molar-refractivity contribution in [3.63, 3.8) is 0 Å². The van der Waals surface area contributed by atoms with Crippen LogP contribution in [0.3, 0.4) is 0 Å². The highest BCUT2D eigenvalue weighted by atomic mass is 16.5. The van der Waals surface area contributed by atoms with E-state index in [0.717, 1.165) is 12.8 Å². The summed E-state index contributed by atoms with van der Waals surface area (Å²) < 4.78 is 4.94. The van der Waals surface area contributed by atoms with Gasteiger partial charge in [0.2, 0.25) is 0 Å². The van der Waals surface area contributed by atoms with E-state index in [1.807, 2.05) is 0 Å². The Morgan fingerprint density at radius 2 is 2.18 bits per heavy atom. The van der Waals surface area contributed by atoms with Gasteiger partial charge in [-0.3, -0.25) is 4.79 Å². The monoisotopic (exact) mass is 304 g/mol. The van der Waals surface area contributed by atoms with Crippen molar-refractivity contribution in [1.29, 1.82) is 0 Å². The quantitative estimate of drug-likeness (QED) is 0.568. The minimum atomic E-state index is -0.174. The lowest BCUT2D eigenvalue weighted by atomic mass is 9.97. The zero-order valence-electron chi connectivity index (χ0n) is 13.1. The average molecular weight is 304 g/mol. The van der Waals surface area contributed by atoms with E-state index >= 15 is 0 Å². The van der Waals surface area contributed by atoms with Crippen LogP contribution in [0.25, 0.3) is 0 Å². The topological polar surface area (TPSA) is 76.1 Å². The lowest BCUT2D eigenvalue weighted by molar-refractivity contribution is 0.0948. The first-order chi connectivity index (χ1) is 10.8. The number of aromatic nitrogens is 2. The molecule has 0 saturated carbocycles. The van der Waals surface area contributed by atoms with Gasteiger partial charge in [-0.15, -0.1) is 0 Å². The fourth-order valence-corrected chi connectivity index (χ4v) is 2.38. The number of nitrogens with one attached hydrogen (secondary N) is 2. The fraction of sp³-hybridized carbons (Fsp3) is 0.562. The van der Waals surface area contributed by atoms with Gasteiger partial charge in [-0.25, -0.2) is 9.97 Å². The van der Waals surface area contributed by atoms with Crippen LogP contribution in [0.15, 0.2) is 24.0 Å². The van der Waals surface area contributed by atoms with Gasteiger partial charge in [0.25, 0.3) is 5.91 Å². The van der Waals surface area contributed by atoms with E-state index in [-0.39, 0.29) is 5.91 Å². The summed E-state index contributed by atoms with van der Waals surface area (Å²) in [6.45, 7) is 1.91. The number of carbonyl (C=O) groups excluding carboxylic acids is 1. The van der Waals surface area contributed by atoms with Crippen LogP contribution in [0.5, 0.6) is 0 Å². The predicted molar refractivity (Wildman–Crippen MR) is 85.9 cm³/mol. The van der Waals surface area contributed by atoms with E-state index in [9.17, 15) is 4.79 Å². The number of amides is 1. The Morgan fingerprint density at radius 3 is 2.86 bits per heavy atom. The second-order valence-electron chi connectivity index (χ2n) is 5.32. The molecular weight excluding hydrogens is 280 g/mol. The Balaban J connectivity index is 1.73. The third-order valence-corrected chi connectivity index (χ3v) is 3.61. The molecule has 0 saturated heterocycles. The highest BCUT2D eigenvalue weighted by Gasteiger charge is 2.08. The Morgan fingerprint density at radius 1 is 1.27 bits per heavy atom. The number of nitrogens with zero attached hydrogens (tertiary/aromatic N) is 2. The lowest BCUT2D eigenvalue weighted by Crippen LogP contribution is -2.26. The summed E-state index contributed by atoms with van der Waals surface area (Å²) in [5.74, 6) is 0.466. The zero-order chi connectivity index (χ0) is 15.6. The van der Waals surface area contributed by atoms with Gasteiger partial charge in [-0.05, 0) is 32.1 Å². The Hall–Kier alpha value is -1.95. The molecule has 0 spiro atoms. The molecule has 2 rings (SSSR count). The molecule has 0 radical (unpaired) electrons. The largest absolute Gasteiger partial charge is 0.383 e. The Bertz CT molecular complexity index is 499. The number of methoxy groups -OCH3 is 1. The van der Waals surface area contributed by atoms with Gasteiger partial charge in [0, 0.05) is 20.2 Å². The Kier molecular flexibility index (Phi) is 6.83. The van der Waals surface area contributed by atoms with Crippen LogP contribution >= 0.6 is 0 Å². The molecule has 1 aliphatic rings. The van der Waals surface area contributed by atoms with E-state index in [1.165, 1.54) is 31.0 Å². The van der Waals surface area contributed by atoms with E-state index in [1.54, 1.807) is 13.3 Å². The van der Waals surface area contributed by atoms with E-state index in [4.69, 9.17) is 4.74 Å². The summed E-state index contributed by atoms with van der Waals surface area (Å²) in [5, 5.41) is 5.96. The maximum Gasteiger partial charge on any atom is 0.271 e. The standard InChI is InChI=1S/C16H24N4O2/c1-22-10-9-17-15-12-19-14(11-20-15)16(21)18-8-7-13-5-3-2-4-6-13/h5,11-12H,2-4,6-10H2,1H3,(H,17,20)(H,18,21). The summed E-state index contributed by atoms with van der Waals surface area (Å²) in [7, 11) is 1.64. The molecule has 0 unspecified atom stereocenters. The van der Waals surface area contributed by atoms with Crippen molar-refractivity contribution in [2.24, 2.45) is 0 Å². The van der Waals surface area contributed by atoms with Gasteiger partial charge in [-0.2, -0.15) is 0 Å². The zero-order valence-corrected chi connectivity index (χ0v) is 13.1. The summed E-state index contributed by atoms with van der Waals surface area (Å²) in [6.07, 6.45) is 11.2. The summed E-state index contributed by atoms with van der Waals surface area (Å²) >= 11 is 0. The molecule has 1 aromatic heterocycles. The van der Waals surface area contributed by atoms with Crippen molar-refractivity contribution in [2.75, 3.05) is 32.1 Å². The first kappa shape index (κ1) is 16.4. The van der Waals surface area contributed by atoms with Crippen LogP contribution in [-0.4, -0.2) is 42.7 Å². The van der Waals surface area contributed by atoms with Crippen molar-refractivity contribution >= 4 is 11.7 Å². The van der Waals surface area contributed by atoms with Crippen LogP contribution in [-0.2, 0) is 4.74 Å². The maximum atomic E-state index is 12.0. The molecule has 2 N–H and O–H groups in total. The number of ether oxygens (including phenoxy) is 1. The maximum absolute atomic E-state index is 12.0. The highest BCUT2D eigenvalue weighted by Crippen LogP contribution is 2.19. The lowest BCUT2D eigenvalue weighted by Gasteiger charge is -2.12. The average Bonchev–Trinajstić information content (AvgIpc) is 2.56. The van der Waals surface area contributed by atoms with E-state index in [2.05, 4.69) is 26.7 Å². The highest BCUT2D eigenvalue weighted by molar-refractivity contribution is 5.91. The molecular formula is C16H24N4O2. The van der Waals surface area contributed by atoms with Gasteiger partial charge in [0.15, 0.2) is 0 Å². The molecule has 0 aromatic carbocycles. The van der Waals surface area contributed by atoms with Crippen molar-refractivity contribution in [2.45, 2.75) is 32.1 Å². The van der Waals surface area contributed by atoms with Crippen molar-refractivity contribution < 1.29 is 9.53 Å². The van der Waals surface area contributed by atoms with Crippen molar-refractivity contribution in [1.82, 2.24) is 15.3 Å². The number of hydrogen-bond acceptors (Lipinski definition) is 5. The second-order valence-corrected chi connectivity index (χ2v) is 5.32. The second kappa shape index (κ2) is 9.15. The summed E-state index contributed by atoms with van der Waals surface area (Å²) in [4.78, 5) is 20.3. The van der Waals surface area contributed by atoms with Crippen molar-refractivity contribution in [3.05, 3.63) is 29.7 Å². The van der Waals surface area contributed by atoms with Crippen LogP contribution < -0.4 is 10.6 Å². The number of carbonyl (C=O) groups is 1. The van der Waals surface area contributed by atoms with Gasteiger partial charge < -0.3 is 15.4 Å². The number of allylic oxidation sites excluding steroid dienone is 1. The molecule has 6 nitrogen and oxygen atoms in total. The number of anilines is 1. The molecule has 0 atom stereocenters. The molecule has 0 aliphatic heterocycles. The number of hydrogen-bond donors (Lipinski definition) is 2. The summed E-state index contributed by atoms with van der Waals surface area (Å²) in [6, 6.07) is 0. The minimum absolute atomic E-state index is 0.174. The van der Waals surface area contributed by atoms with Gasteiger partial charge in [0.05, 0.1) is 19.0 Å². The molecule has 0 bridgehead atoms. The Labute approximate surface area is 131 Å². The van der Waals surface area contributed by atoms with Crippen LogP contribution in [0.1, 0.15) is 42.6 Å². The SMILES string of the molecule is COCCNc1cnc(C(=O)NCCC2=CCCCC2)cn1. The normalized spacial score (nSPS) is 14.3. The van der Waals surface area contributed by atoms with Gasteiger partial charge >= 0.3 is 0 Å². The molecule has 1 aromatic rings. The van der Waals surface area contributed by atoms with Crippen LogP contribution in [0.2, 0.25) is 0 Å². The fourth-order valence-electron chi connectivity index (χ4n) is 2.38. The molecule has 0 fully saturated rings. The molecule has 1 heterocycles. The third-order valence-electron chi connectivity index (χ3n) is 3.61.